The van der Waals surface area contributed by atoms with Crippen molar-refractivity contribution in [2.24, 2.45) is 4.99 Å². The van der Waals surface area contributed by atoms with Crippen molar-refractivity contribution in [3.63, 3.8) is 0 Å². The minimum absolute atomic E-state index is 0.120. The number of para-hydroxylation sites is 1. The van der Waals surface area contributed by atoms with E-state index in [-0.39, 0.29) is 12.2 Å². The third-order valence-electron chi connectivity index (χ3n) is 5.38. The summed E-state index contributed by atoms with van der Waals surface area (Å²) in [5.74, 6) is 0.901. The van der Waals surface area contributed by atoms with Crippen LogP contribution in [0.25, 0.3) is 5.69 Å². The molecular formula is C21H29N5O2. The average molecular weight is 383 g/mol. The molecule has 2 aliphatic heterocycles. The zero-order valence-electron chi connectivity index (χ0n) is 16.7. The first-order valence-electron chi connectivity index (χ1n) is 10.0. The van der Waals surface area contributed by atoms with Gasteiger partial charge in [-0.25, -0.2) is 4.68 Å². The summed E-state index contributed by atoms with van der Waals surface area (Å²) in [6, 6.07) is 10.3. The van der Waals surface area contributed by atoms with Crippen molar-refractivity contribution in [2.45, 2.75) is 38.5 Å². The molecule has 0 saturated carbocycles. The van der Waals surface area contributed by atoms with Gasteiger partial charge in [-0.05, 0) is 37.5 Å². The molecule has 2 aromatic rings. The van der Waals surface area contributed by atoms with Crippen molar-refractivity contribution in [2.75, 3.05) is 33.4 Å². The van der Waals surface area contributed by atoms with Crippen LogP contribution >= 0.6 is 0 Å². The first-order chi connectivity index (χ1) is 13.7. The highest BCUT2D eigenvalue weighted by Gasteiger charge is 2.32. The smallest absolute Gasteiger partial charge is 0.194 e. The Morgan fingerprint density at radius 3 is 2.82 bits per heavy atom. The zero-order valence-corrected chi connectivity index (χ0v) is 16.7. The van der Waals surface area contributed by atoms with E-state index < -0.39 is 0 Å². The summed E-state index contributed by atoms with van der Waals surface area (Å²) >= 11 is 0. The normalized spacial score (nSPS) is 23.2. The van der Waals surface area contributed by atoms with Crippen LogP contribution < -0.4 is 5.32 Å². The molecule has 150 valence electrons. The molecule has 7 heteroatoms. The summed E-state index contributed by atoms with van der Waals surface area (Å²) in [5.41, 5.74) is 3.26. The maximum atomic E-state index is 5.97. The summed E-state index contributed by atoms with van der Waals surface area (Å²) in [5, 5.41) is 8.07. The van der Waals surface area contributed by atoms with Crippen LogP contribution in [0.4, 0.5) is 0 Å². The lowest BCUT2D eigenvalue weighted by Crippen LogP contribution is -2.53. The Bertz CT molecular complexity index is 813. The van der Waals surface area contributed by atoms with E-state index in [4.69, 9.17) is 9.47 Å². The molecule has 0 amide bonds. The summed E-state index contributed by atoms with van der Waals surface area (Å²) in [6.45, 7) is 5.88. The minimum Gasteiger partial charge on any atom is -0.375 e. The number of hydrogen-bond donors (Lipinski definition) is 1. The van der Waals surface area contributed by atoms with E-state index in [2.05, 4.69) is 38.5 Å². The second-order valence-corrected chi connectivity index (χ2v) is 7.34. The van der Waals surface area contributed by atoms with Crippen LogP contribution in [0, 0.1) is 6.92 Å². The Hall–Kier alpha value is -2.38. The highest BCUT2D eigenvalue weighted by atomic mass is 16.5. The summed E-state index contributed by atoms with van der Waals surface area (Å²) < 4.78 is 13.7. The van der Waals surface area contributed by atoms with Gasteiger partial charge in [0.2, 0.25) is 0 Å². The molecule has 3 heterocycles. The molecule has 0 radical (unpaired) electrons. The molecule has 2 saturated heterocycles. The zero-order chi connectivity index (χ0) is 19.3. The molecular weight excluding hydrogens is 354 g/mol. The number of guanidine groups is 1. The highest BCUT2D eigenvalue weighted by Crippen LogP contribution is 2.21. The lowest BCUT2D eigenvalue weighted by molar-refractivity contribution is -0.0817. The Morgan fingerprint density at radius 1 is 1.21 bits per heavy atom. The van der Waals surface area contributed by atoms with Gasteiger partial charge in [-0.15, -0.1) is 0 Å². The van der Waals surface area contributed by atoms with Crippen molar-refractivity contribution in [1.82, 2.24) is 20.0 Å². The Kier molecular flexibility index (Phi) is 5.92. The quantitative estimate of drug-likeness (QED) is 0.647. The van der Waals surface area contributed by atoms with Crippen molar-refractivity contribution < 1.29 is 9.47 Å². The van der Waals surface area contributed by atoms with Gasteiger partial charge in [0.1, 0.15) is 6.10 Å². The standard InChI is InChI=1S/C21H29N5O2/c1-16-9-10-26(24-16)18-7-4-3-6-17(18)14-23-21(22-2)25-11-13-28-20(15-25)19-8-5-12-27-19/h3-4,6-7,9-10,19-20H,5,8,11-15H2,1-2H3,(H,22,23). The van der Waals surface area contributed by atoms with E-state index >= 15 is 0 Å². The van der Waals surface area contributed by atoms with Crippen LogP contribution in [0.2, 0.25) is 0 Å². The van der Waals surface area contributed by atoms with Gasteiger partial charge in [-0.2, -0.15) is 5.10 Å². The molecule has 1 aromatic heterocycles. The van der Waals surface area contributed by atoms with Crippen molar-refractivity contribution in [3.05, 3.63) is 47.8 Å². The lowest BCUT2D eigenvalue weighted by atomic mass is 10.1. The van der Waals surface area contributed by atoms with Crippen LogP contribution in [0.5, 0.6) is 0 Å². The molecule has 2 aliphatic rings. The number of aromatic nitrogens is 2. The number of nitrogens with zero attached hydrogens (tertiary/aromatic N) is 4. The Morgan fingerprint density at radius 2 is 2.07 bits per heavy atom. The predicted octanol–water partition coefficient (Wildman–Crippen LogP) is 2.14. The SMILES string of the molecule is CN=C(NCc1ccccc1-n1ccc(C)n1)N1CCOC(C2CCCO2)C1. The fourth-order valence-corrected chi connectivity index (χ4v) is 3.93. The molecule has 28 heavy (non-hydrogen) atoms. The van der Waals surface area contributed by atoms with E-state index in [9.17, 15) is 0 Å². The van der Waals surface area contributed by atoms with E-state index in [1.807, 2.05) is 37.0 Å². The van der Waals surface area contributed by atoms with Crippen LogP contribution in [-0.4, -0.2) is 66.2 Å². The third-order valence-corrected chi connectivity index (χ3v) is 5.38. The van der Waals surface area contributed by atoms with Gasteiger partial charge in [-0.1, -0.05) is 18.2 Å². The molecule has 2 unspecified atom stereocenters. The molecule has 1 N–H and O–H groups in total. The van der Waals surface area contributed by atoms with Gasteiger partial charge in [0, 0.05) is 39.5 Å². The summed E-state index contributed by atoms with van der Waals surface area (Å²) in [6.07, 6.45) is 4.54. The lowest BCUT2D eigenvalue weighted by Gasteiger charge is -2.37. The topological polar surface area (TPSA) is 63.9 Å². The first kappa shape index (κ1) is 19.0. The molecule has 1 aromatic carbocycles. The molecule has 4 rings (SSSR count). The molecule has 7 nitrogen and oxygen atoms in total. The molecule has 2 atom stereocenters. The maximum absolute atomic E-state index is 5.97. The van der Waals surface area contributed by atoms with Crippen LogP contribution in [0.3, 0.4) is 0 Å². The molecule has 2 fully saturated rings. The van der Waals surface area contributed by atoms with Crippen LogP contribution in [0.1, 0.15) is 24.1 Å². The van der Waals surface area contributed by atoms with Crippen molar-refractivity contribution >= 4 is 5.96 Å². The largest absolute Gasteiger partial charge is 0.375 e. The second kappa shape index (κ2) is 8.75. The third kappa shape index (κ3) is 4.20. The number of aliphatic imine (C=N–C) groups is 1. The van der Waals surface area contributed by atoms with Crippen LogP contribution in [-0.2, 0) is 16.0 Å². The van der Waals surface area contributed by atoms with Gasteiger partial charge in [-0.3, -0.25) is 4.99 Å². The van der Waals surface area contributed by atoms with Gasteiger partial charge in [0.05, 0.1) is 24.1 Å². The Labute approximate surface area is 166 Å². The number of rotatable bonds is 4. The summed E-state index contributed by atoms with van der Waals surface area (Å²) in [4.78, 5) is 6.78. The number of morpholine rings is 1. The second-order valence-electron chi connectivity index (χ2n) is 7.34. The maximum Gasteiger partial charge on any atom is 0.194 e. The first-order valence-corrected chi connectivity index (χ1v) is 10.0. The monoisotopic (exact) mass is 383 g/mol. The van der Waals surface area contributed by atoms with Crippen molar-refractivity contribution in [3.8, 4) is 5.69 Å². The number of aryl methyl sites for hydroxylation is 1. The Balaban J connectivity index is 1.42. The minimum atomic E-state index is 0.120. The number of benzene rings is 1. The van der Waals surface area contributed by atoms with Crippen molar-refractivity contribution in [1.29, 1.82) is 0 Å². The molecule has 0 aliphatic carbocycles. The fraction of sp³-hybridized carbons (Fsp3) is 0.524. The summed E-state index contributed by atoms with van der Waals surface area (Å²) in [7, 11) is 1.83. The molecule has 0 bridgehead atoms. The molecule has 0 spiro atoms. The van der Waals surface area contributed by atoms with Crippen LogP contribution in [0.15, 0.2) is 41.5 Å². The van der Waals surface area contributed by atoms with E-state index in [0.29, 0.717) is 13.2 Å². The van der Waals surface area contributed by atoms with Gasteiger partial charge in [0.25, 0.3) is 0 Å². The van der Waals surface area contributed by atoms with Gasteiger partial charge < -0.3 is 19.7 Å². The van der Waals surface area contributed by atoms with E-state index in [0.717, 1.165) is 49.9 Å². The fourth-order valence-electron chi connectivity index (χ4n) is 3.93. The highest BCUT2D eigenvalue weighted by molar-refractivity contribution is 5.80. The van der Waals surface area contributed by atoms with E-state index in [1.54, 1.807) is 0 Å². The van der Waals surface area contributed by atoms with E-state index in [1.165, 1.54) is 5.56 Å². The number of hydrogen-bond acceptors (Lipinski definition) is 4. The van der Waals surface area contributed by atoms with Gasteiger partial charge in [0.15, 0.2) is 5.96 Å². The number of ether oxygens (including phenoxy) is 2. The number of nitrogens with one attached hydrogen (secondary N) is 1. The predicted molar refractivity (Wildman–Crippen MR) is 109 cm³/mol. The van der Waals surface area contributed by atoms with Gasteiger partial charge >= 0.3 is 0 Å². The average Bonchev–Trinajstić information content (AvgIpc) is 3.41.